The Labute approximate surface area is 126 Å². The van der Waals surface area contributed by atoms with Crippen LogP contribution in [0.25, 0.3) is 0 Å². The van der Waals surface area contributed by atoms with Crippen molar-refractivity contribution >= 4 is 5.69 Å². The van der Waals surface area contributed by atoms with E-state index < -0.39 is 0 Å². The largest absolute Gasteiger partial charge is 0.381 e. The van der Waals surface area contributed by atoms with Gasteiger partial charge in [0.2, 0.25) is 0 Å². The van der Waals surface area contributed by atoms with Crippen molar-refractivity contribution in [2.75, 3.05) is 5.32 Å². The Morgan fingerprint density at radius 1 is 1.00 bits per heavy atom. The standard InChI is InChI=1S/C19H20N2/c1-13-6-3-4-8-17(13)15-10-16(11-15)21-19-9-5-7-14(2)18(19)12-20/h3-9,15-16,21H,10-11H2,1-2H3. The minimum Gasteiger partial charge on any atom is -0.381 e. The first kappa shape index (κ1) is 13.7. The predicted octanol–water partition coefficient (Wildman–Crippen LogP) is 4.53. The van der Waals surface area contributed by atoms with E-state index in [-0.39, 0.29) is 0 Å². The van der Waals surface area contributed by atoms with Crippen LogP contribution in [0.2, 0.25) is 0 Å². The van der Waals surface area contributed by atoms with Gasteiger partial charge in [-0.15, -0.1) is 0 Å². The number of aryl methyl sites for hydroxylation is 2. The van der Waals surface area contributed by atoms with Crippen LogP contribution in [0, 0.1) is 25.2 Å². The van der Waals surface area contributed by atoms with E-state index >= 15 is 0 Å². The Balaban J connectivity index is 1.67. The number of nitrogens with zero attached hydrogens (tertiary/aromatic N) is 1. The molecule has 0 aliphatic heterocycles. The molecule has 0 unspecified atom stereocenters. The summed E-state index contributed by atoms with van der Waals surface area (Å²) >= 11 is 0. The van der Waals surface area contributed by atoms with Crippen LogP contribution in [0.15, 0.2) is 42.5 Å². The molecule has 0 saturated heterocycles. The van der Waals surface area contributed by atoms with Gasteiger partial charge in [0.05, 0.1) is 11.3 Å². The lowest BCUT2D eigenvalue weighted by molar-refractivity contribution is 0.373. The number of rotatable bonds is 3. The highest BCUT2D eigenvalue weighted by molar-refractivity contribution is 5.61. The monoisotopic (exact) mass is 276 g/mol. The van der Waals surface area contributed by atoms with Crippen molar-refractivity contribution in [3.63, 3.8) is 0 Å². The average Bonchev–Trinajstić information content (AvgIpc) is 2.44. The number of hydrogen-bond acceptors (Lipinski definition) is 2. The van der Waals surface area contributed by atoms with Crippen LogP contribution in [0.3, 0.4) is 0 Å². The second kappa shape index (κ2) is 5.61. The van der Waals surface area contributed by atoms with Crippen molar-refractivity contribution in [3.8, 4) is 6.07 Å². The molecule has 21 heavy (non-hydrogen) atoms. The second-order valence-corrected chi connectivity index (χ2v) is 5.98. The highest BCUT2D eigenvalue weighted by Gasteiger charge is 2.31. The van der Waals surface area contributed by atoms with Crippen molar-refractivity contribution in [1.82, 2.24) is 0 Å². The Hall–Kier alpha value is -2.27. The van der Waals surface area contributed by atoms with Crippen molar-refractivity contribution < 1.29 is 0 Å². The molecule has 0 amide bonds. The molecule has 2 heteroatoms. The van der Waals surface area contributed by atoms with Gasteiger partial charge in [0.1, 0.15) is 6.07 Å². The normalized spacial score (nSPS) is 20.4. The molecule has 0 spiro atoms. The first-order chi connectivity index (χ1) is 10.2. The van der Waals surface area contributed by atoms with Crippen LogP contribution in [-0.2, 0) is 0 Å². The Morgan fingerprint density at radius 2 is 1.71 bits per heavy atom. The molecule has 1 saturated carbocycles. The first-order valence-corrected chi connectivity index (χ1v) is 7.51. The van der Waals surface area contributed by atoms with Gasteiger partial charge in [-0.05, 0) is 55.4 Å². The summed E-state index contributed by atoms with van der Waals surface area (Å²) in [5.74, 6) is 0.652. The number of hydrogen-bond donors (Lipinski definition) is 1. The average molecular weight is 276 g/mol. The van der Waals surface area contributed by atoms with Crippen LogP contribution >= 0.6 is 0 Å². The van der Waals surface area contributed by atoms with Crippen LogP contribution in [-0.4, -0.2) is 6.04 Å². The quantitative estimate of drug-likeness (QED) is 0.893. The van der Waals surface area contributed by atoms with Gasteiger partial charge in [-0.3, -0.25) is 0 Å². The zero-order valence-corrected chi connectivity index (χ0v) is 12.6. The lowest BCUT2D eigenvalue weighted by Gasteiger charge is -2.37. The Morgan fingerprint density at radius 3 is 2.43 bits per heavy atom. The third kappa shape index (κ3) is 2.64. The van der Waals surface area contributed by atoms with E-state index in [9.17, 15) is 5.26 Å². The summed E-state index contributed by atoms with van der Waals surface area (Å²) in [7, 11) is 0. The lowest BCUT2D eigenvalue weighted by atomic mass is 9.74. The van der Waals surface area contributed by atoms with Gasteiger partial charge in [0.25, 0.3) is 0 Å². The summed E-state index contributed by atoms with van der Waals surface area (Å²) in [6, 6.07) is 17.4. The topological polar surface area (TPSA) is 35.8 Å². The van der Waals surface area contributed by atoms with Crippen LogP contribution in [0.1, 0.15) is 41.0 Å². The van der Waals surface area contributed by atoms with E-state index in [0.717, 1.165) is 29.7 Å². The van der Waals surface area contributed by atoms with E-state index in [0.29, 0.717) is 12.0 Å². The Bertz CT molecular complexity index is 691. The van der Waals surface area contributed by atoms with Crippen LogP contribution in [0.4, 0.5) is 5.69 Å². The molecular weight excluding hydrogens is 256 g/mol. The van der Waals surface area contributed by atoms with E-state index in [4.69, 9.17) is 0 Å². The maximum absolute atomic E-state index is 9.28. The third-order valence-electron chi connectivity index (χ3n) is 4.51. The van der Waals surface area contributed by atoms with Crippen LogP contribution < -0.4 is 5.32 Å². The fourth-order valence-electron chi connectivity index (χ4n) is 3.19. The molecule has 2 aromatic carbocycles. The molecule has 1 aliphatic carbocycles. The molecule has 0 aromatic heterocycles. The van der Waals surface area contributed by atoms with E-state index in [1.807, 2.05) is 25.1 Å². The molecule has 0 heterocycles. The molecule has 1 N–H and O–H groups in total. The Kier molecular flexibility index (Phi) is 3.66. The maximum Gasteiger partial charge on any atom is 0.102 e. The second-order valence-electron chi connectivity index (χ2n) is 5.98. The van der Waals surface area contributed by atoms with Gasteiger partial charge in [-0.2, -0.15) is 5.26 Å². The summed E-state index contributed by atoms with van der Waals surface area (Å²) < 4.78 is 0. The molecule has 1 aliphatic rings. The van der Waals surface area contributed by atoms with Gasteiger partial charge < -0.3 is 5.32 Å². The summed E-state index contributed by atoms with van der Waals surface area (Å²) in [6.45, 7) is 4.17. The first-order valence-electron chi connectivity index (χ1n) is 7.51. The molecule has 106 valence electrons. The molecule has 3 rings (SSSR count). The van der Waals surface area contributed by atoms with Gasteiger partial charge in [0.15, 0.2) is 0 Å². The van der Waals surface area contributed by atoms with Gasteiger partial charge in [-0.25, -0.2) is 0 Å². The summed E-state index contributed by atoms with van der Waals surface area (Å²) in [5.41, 5.74) is 5.65. The minimum atomic E-state index is 0.475. The van der Waals surface area contributed by atoms with Crippen molar-refractivity contribution in [2.45, 2.75) is 38.6 Å². The fourth-order valence-corrected chi connectivity index (χ4v) is 3.19. The number of anilines is 1. The number of nitriles is 1. The van der Waals surface area contributed by atoms with Crippen molar-refractivity contribution in [3.05, 3.63) is 64.7 Å². The SMILES string of the molecule is Cc1ccccc1C1CC(Nc2cccc(C)c2C#N)C1. The minimum absolute atomic E-state index is 0.475. The number of benzene rings is 2. The van der Waals surface area contributed by atoms with E-state index in [2.05, 4.69) is 42.6 Å². The van der Waals surface area contributed by atoms with Gasteiger partial charge >= 0.3 is 0 Å². The number of nitrogens with one attached hydrogen (secondary N) is 1. The fraction of sp³-hybridized carbons (Fsp3) is 0.316. The highest BCUT2D eigenvalue weighted by atomic mass is 14.9. The molecule has 0 bridgehead atoms. The van der Waals surface area contributed by atoms with Gasteiger partial charge in [0, 0.05) is 6.04 Å². The maximum atomic E-state index is 9.28. The highest BCUT2D eigenvalue weighted by Crippen LogP contribution is 2.40. The molecular formula is C19H20N2. The predicted molar refractivity (Wildman–Crippen MR) is 86.5 cm³/mol. The lowest BCUT2D eigenvalue weighted by Crippen LogP contribution is -2.34. The van der Waals surface area contributed by atoms with Gasteiger partial charge in [-0.1, -0.05) is 36.4 Å². The summed E-state index contributed by atoms with van der Waals surface area (Å²) in [5, 5.41) is 12.8. The summed E-state index contributed by atoms with van der Waals surface area (Å²) in [4.78, 5) is 0. The third-order valence-corrected chi connectivity index (χ3v) is 4.51. The van der Waals surface area contributed by atoms with Crippen molar-refractivity contribution in [2.24, 2.45) is 0 Å². The zero-order chi connectivity index (χ0) is 14.8. The zero-order valence-electron chi connectivity index (χ0n) is 12.6. The molecule has 0 atom stereocenters. The molecule has 1 fully saturated rings. The summed E-state index contributed by atoms with van der Waals surface area (Å²) in [6.07, 6.45) is 2.29. The van der Waals surface area contributed by atoms with Crippen LogP contribution in [0.5, 0.6) is 0 Å². The smallest absolute Gasteiger partial charge is 0.102 e. The molecule has 0 radical (unpaired) electrons. The molecule has 2 aromatic rings. The van der Waals surface area contributed by atoms with E-state index in [1.165, 1.54) is 11.1 Å². The van der Waals surface area contributed by atoms with E-state index in [1.54, 1.807) is 0 Å². The van der Waals surface area contributed by atoms with Crippen molar-refractivity contribution in [1.29, 1.82) is 5.26 Å². The molecule has 2 nitrogen and oxygen atoms in total.